The van der Waals surface area contributed by atoms with E-state index >= 15 is 0 Å². The molecule has 1 aromatic carbocycles. The molecule has 1 aromatic rings. The molecule has 0 bridgehead atoms. The van der Waals surface area contributed by atoms with Gasteiger partial charge >= 0.3 is 12.0 Å². The van der Waals surface area contributed by atoms with E-state index < -0.39 is 5.97 Å². The van der Waals surface area contributed by atoms with Crippen LogP contribution in [0.3, 0.4) is 0 Å². The maximum Gasteiger partial charge on any atom is 0.328 e. The molecule has 1 fully saturated rings. The van der Waals surface area contributed by atoms with Crippen molar-refractivity contribution in [3.63, 3.8) is 0 Å². The molecule has 0 aliphatic carbocycles. The fourth-order valence-electron chi connectivity index (χ4n) is 2.00. The third-order valence-electron chi connectivity index (χ3n) is 3.02. The van der Waals surface area contributed by atoms with Crippen LogP contribution in [-0.2, 0) is 16.1 Å². The standard InChI is InChI=1S/C14H14N2O4/c1-15-9-12(17)16(14(15)20)8-11-5-3-2-4-10(11)6-7-13(18)19/h2-7H,8-9H2,1H3,(H,18,19). The van der Waals surface area contributed by atoms with Gasteiger partial charge < -0.3 is 10.0 Å². The zero-order valence-electron chi connectivity index (χ0n) is 10.9. The summed E-state index contributed by atoms with van der Waals surface area (Å²) in [6.07, 6.45) is 2.48. The summed E-state index contributed by atoms with van der Waals surface area (Å²) in [5.74, 6) is -1.30. The first kappa shape index (κ1) is 13.8. The number of likely N-dealkylation sites (N-methyl/N-ethyl adjacent to an activating group) is 1. The number of benzene rings is 1. The van der Waals surface area contributed by atoms with Crippen LogP contribution in [0.1, 0.15) is 11.1 Å². The van der Waals surface area contributed by atoms with Crippen molar-refractivity contribution < 1.29 is 19.5 Å². The van der Waals surface area contributed by atoms with Crippen LogP contribution < -0.4 is 0 Å². The maximum absolute atomic E-state index is 11.8. The number of carboxylic acids is 1. The predicted molar refractivity (Wildman–Crippen MR) is 71.7 cm³/mol. The number of nitrogens with zero attached hydrogens (tertiary/aromatic N) is 2. The second-order valence-electron chi connectivity index (χ2n) is 4.49. The van der Waals surface area contributed by atoms with E-state index in [1.807, 2.05) is 0 Å². The van der Waals surface area contributed by atoms with Crippen molar-refractivity contribution in [1.29, 1.82) is 0 Å². The molecule has 6 heteroatoms. The molecule has 104 valence electrons. The van der Waals surface area contributed by atoms with Crippen LogP contribution in [0.4, 0.5) is 4.79 Å². The summed E-state index contributed by atoms with van der Waals surface area (Å²) >= 11 is 0. The molecular formula is C14H14N2O4. The average molecular weight is 274 g/mol. The lowest BCUT2D eigenvalue weighted by Crippen LogP contribution is -2.31. The monoisotopic (exact) mass is 274 g/mol. The summed E-state index contributed by atoms with van der Waals surface area (Å²) in [6, 6.07) is 6.71. The SMILES string of the molecule is CN1CC(=O)N(Cc2ccccc2C=CC(=O)O)C1=O. The van der Waals surface area contributed by atoms with E-state index in [0.29, 0.717) is 5.56 Å². The summed E-state index contributed by atoms with van der Waals surface area (Å²) in [5, 5.41) is 8.66. The summed E-state index contributed by atoms with van der Waals surface area (Å²) in [6.45, 7) is 0.216. The van der Waals surface area contributed by atoms with Gasteiger partial charge in [-0.15, -0.1) is 0 Å². The summed E-state index contributed by atoms with van der Waals surface area (Å²) < 4.78 is 0. The second-order valence-corrected chi connectivity index (χ2v) is 4.49. The molecule has 1 aliphatic heterocycles. The van der Waals surface area contributed by atoms with Gasteiger partial charge in [0.2, 0.25) is 0 Å². The van der Waals surface area contributed by atoms with Crippen LogP contribution in [0.2, 0.25) is 0 Å². The zero-order chi connectivity index (χ0) is 14.7. The van der Waals surface area contributed by atoms with Gasteiger partial charge in [0, 0.05) is 13.1 Å². The van der Waals surface area contributed by atoms with Crippen LogP contribution in [0, 0.1) is 0 Å². The molecule has 1 saturated heterocycles. The Morgan fingerprint density at radius 1 is 1.35 bits per heavy atom. The summed E-state index contributed by atoms with van der Waals surface area (Å²) in [5.41, 5.74) is 1.40. The van der Waals surface area contributed by atoms with Gasteiger partial charge in [0.1, 0.15) is 6.54 Å². The molecule has 2 rings (SSSR count). The first-order chi connectivity index (χ1) is 9.49. The Labute approximate surface area is 115 Å². The molecule has 0 saturated carbocycles. The highest BCUT2D eigenvalue weighted by Gasteiger charge is 2.33. The smallest absolute Gasteiger partial charge is 0.328 e. The van der Waals surface area contributed by atoms with Gasteiger partial charge in [-0.3, -0.25) is 9.69 Å². The Morgan fingerprint density at radius 2 is 2.05 bits per heavy atom. The van der Waals surface area contributed by atoms with Crippen LogP contribution in [0.25, 0.3) is 6.08 Å². The number of aliphatic carboxylic acids is 1. The first-order valence-corrected chi connectivity index (χ1v) is 6.03. The first-order valence-electron chi connectivity index (χ1n) is 6.03. The van der Waals surface area contributed by atoms with Gasteiger partial charge in [-0.1, -0.05) is 24.3 Å². The van der Waals surface area contributed by atoms with E-state index in [1.165, 1.54) is 11.0 Å². The van der Waals surface area contributed by atoms with Gasteiger partial charge in [0.05, 0.1) is 6.54 Å². The lowest BCUT2D eigenvalue weighted by molar-refractivity contribution is -0.131. The van der Waals surface area contributed by atoms with E-state index in [9.17, 15) is 14.4 Å². The summed E-state index contributed by atoms with van der Waals surface area (Å²) in [4.78, 5) is 36.6. The van der Waals surface area contributed by atoms with Crippen LogP contribution >= 0.6 is 0 Å². The third kappa shape index (κ3) is 2.85. The Balaban J connectivity index is 2.24. The van der Waals surface area contributed by atoms with Crippen molar-refractivity contribution in [1.82, 2.24) is 9.80 Å². The van der Waals surface area contributed by atoms with E-state index in [-0.39, 0.29) is 25.0 Å². The van der Waals surface area contributed by atoms with Crippen molar-refractivity contribution in [2.24, 2.45) is 0 Å². The van der Waals surface area contributed by atoms with Crippen LogP contribution in [0.5, 0.6) is 0 Å². The molecular weight excluding hydrogens is 260 g/mol. The fraction of sp³-hybridized carbons (Fsp3) is 0.214. The molecule has 0 unspecified atom stereocenters. The Hall–Kier alpha value is -2.63. The number of hydrogen-bond acceptors (Lipinski definition) is 3. The van der Waals surface area contributed by atoms with Crippen molar-refractivity contribution >= 4 is 24.0 Å². The molecule has 0 spiro atoms. The van der Waals surface area contributed by atoms with Crippen molar-refractivity contribution in [2.75, 3.05) is 13.6 Å². The van der Waals surface area contributed by atoms with E-state index in [2.05, 4.69) is 0 Å². The number of hydrogen-bond donors (Lipinski definition) is 1. The molecule has 0 radical (unpaired) electrons. The van der Waals surface area contributed by atoms with Gasteiger partial charge in [0.15, 0.2) is 0 Å². The largest absolute Gasteiger partial charge is 0.478 e. The van der Waals surface area contributed by atoms with Gasteiger partial charge in [-0.25, -0.2) is 9.59 Å². The minimum atomic E-state index is -1.05. The second kappa shape index (κ2) is 5.56. The van der Waals surface area contributed by atoms with Gasteiger partial charge in [-0.2, -0.15) is 0 Å². The van der Waals surface area contributed by atoms with Crippen LogP contribution in [0.15, 0.2) is 30.3 Å². The average Bonchev–Trinajstić information content (AvgIpc) is 2.64. The molecule has 1 aliphatic rings. The number of carboxylic acid groups (broad SMARTS) is 1. The van der Waals surface area contributed by atoms with Crippen LogP contribution in [-0.4, -0.2) is 46.4 Å². The third-order valence-corrected chi connectivity index (χ3v) is 3.02. The minimum Gasteiger partial charge on any atom is -0.478 e. The summed E-state index contributed by atoms with van der Waals surface area (Å²) in [7, 11) is 1.57. The normalized spacial score (nSPS) is 15.4. The Kier molecular flexibility index (Phi) is 3.84. The number of carbonyl (C=O) groups is 3. The van der Waals surface area contributed by atoms with Gasteiger partial charge in [-0.05, 0) is 17.2 Å². The maximum atomic E-state index is 11.8. The highest BCUT2D eigenvalue weighted by molar-refractivity contribution is 6.01. The van der Waals surface area contributed by atoms with Crippen molar-refractivity contribution in [3.05, 3.63) is 41.5 Å². The number of rotatable bonds is 4. The van der Waals surface area contributed by atoms with Gasteiger partial charge in [0.25, 0.3) is 5.91 Å². The quantitative estimate of drug-likeness (QED) is 0.660. The topological polar surface area (TPSA) is 77.9 Å². The highest BCUT2D eigenvalue weighted by Crippen LogP contribution is 2.17. The van der Waals surface area contributed by atoms with E-state index in [1.54, 1.807) is 31.3 Å². The van der Waals surface area contributed by atoms with Crippen molar-refractivity contribution in [3.8, 4) is 0 Å². The molecule has 0 atom stereocenters. The lowest BCUT2D eigenvalue weighted by Gasteiger charge is -2.15. The number of carbonyl (C=O) groups excluding carboxylic acids is 2. The fourth-order valence-corrected chi connectivity index (χ4v) is 2.00. The molecule has 1 N–H and O–H groups in total. The minimum absolute atomic E-state index is 0.0754. The molecule has 6 nitrogen and oxygen atoms in total. The number of amides is 3. The molecule has 3 amide bonds. The Bertz CT molecular complexity index is 595. The molecule has 1 heterocycles. The lowest BCUT2D eigenvalue weighted by atomic mass is 10.1. The number of imide groups is 1. The van der Waals surface area contributed by atoms with E-state index in [4.69, 9.17) is 5.11 Å². The Morgan fingerprint density at radius 3 is 2.65 bits per heavy atom. The van der Waals surface area contributed by atoms with E-state index in [0.717, 1.165) is 16.5 Å². The zero-order valence-corrected chi connectivity index (χ0v) is 10.9. The highest BCUT2D eigenvalue weighted by atomic mass is 16.4. The molecule has 0 aromatic heterocycles. The number of urea groups is 1. The predicted octanol–water partition coefficient (Wildman–Crippen LogP) is 1.18. The molecule has 20 heavy (non-hydrogen) atoms. The van der Waals surface area contributed by atoms with Crippen molar-refractivity contribution in [2.45, 2.75) is 6.54 Å².